The summed E-state index contributed by atoms with van der Waals surface area (Å²) in [4.78, 5) is 21.8. The predicted molar refractivity (Wildman–Crippen MR) is 63.2 cm³/mol. The second-order valence-electron chi connectivity index (χ2n) is 3.66. The van der Waals surface area contributed by atoms with E-state index < -0.39 is 18.0 Å². The lowest BCUT2D eigenvalue weighted by Gasteiger charge is -2.13. The van der Waals surface area contributed by atoms with Gasteiger partial charge in [0, 0.05) is 5.75 Å². The van der Waals surface area contributed by atoms with E-state index in [2.05, 4.69) is 5.32 Å². The molecule has 0 unspecified atom stereocenters. The molecule has 1 aliphatic rings. The van der Waals surface area contributed by atoms with Crippen LogP contribution in [0.4, 0.5) is 0 Å². The molecule has 6 heteroatoms. The van der Waals surface area contributed by atoms with Crippen LogP contribution >= 0.6 is 11.8 Å². The normalized spacial score (nSPS) is 23.5. The highest BCUT2D eigenvalue weighted by Crippen LogP contribution is 2.34. The van der Waals surface area contributed by atoms with Gasteiger partial charge in [0.15, 0.2) is 0 Å². The SMILES string of the molecule is O=C(O)c1ccccc1[C@@H]1N[C@@H](C(=O)O)CS1. The average Bonchev–Trinajstić information content (AvgIpc) is 2.78. The van der Waals surface area contributed by atoms with Crippen LogP contribution in [0.2, 0.25) is 0 Å². The van der Waals surface area contributed by atoms with Gasteiger partial charge in [0.1, 0.15) is 6.04 Å². The molecule has 0 aromatic heterocycles. The van der Waals surface area contributed by atoms with Crippen molar-refractivity contribution in [3.63, 3.8) is 0 Å². The van der Waals surface area contributed by atoms with Gasteiger partial charge in [-0.15, -0.1) is 11.8 Å². The molecule has 1 aliphatic heterocycles. The molecule has 0 aliphatic carbocycles. The van der Waals surface area contributed by atoms with E-state index in [9.17, 15) is 9.59 Å². The quantitative estimate of drug-likeness (QED) is 0.749. The maximum atomic E-state index is 11.0. The van der Waals surface area contributed by atoms with Gasteiger partial charge in [0.2, 0.25) is 0 Å². The first-order valence-corrected chi connectivity index (χ1v) is 6.07. The van der Waals surface area contributed by atoms with E-state index in [4.69, 9.17) is 10.2 Å². The summed E-state index contributed by atoms with van der Waals surface area (Å²) in [5.41, 5.74) is 0.831. The van der Waals surface area contributed by atoms with Crippen LogP contribution in [0.5, 0.6) is 0 Å². The molecular weight excluding hydrogens is 242 g/mol. The Bertz CT molecular complexity index is 463. The van der Waals surface area contributed by atoms with Gasteiger partial charge < -0.3 is 10.2 Å². The molecule has 0 bridgehead atoms. The number of carbonyl (C=O) groups is 2. The van der Waals surface area contributed by atoms with Crippen LogP contribution in [0.25, 0.3) is 0 Å². The predicted octanol–water partition coefficient (Wildman–Crippen LogP) is 1.17. The highest BCUT2D eigenvalue weighted by atomic mass is 32.2. The summed E-state index contributed by atoms with van der Waals surface area (Å²) in [6.45, 7) is 0. The minimum Gasteiger partial charge on any atom is -0.480 e. The zero-order valence-electron chi connectivity index (χ0n) is 8.79. The van der Waals surface area contributed by atoms with Crippen molar-refractivity contribution >= 4 is 23.7 Å². The van der Waals surface area contributed by atoms with Gasteiger partial charge in [0.05, 0.1) is 10.9 Å². The molecule has 0 spiro atoms. The average molecular weight is 253 g/mol. The van der Waals surface area contributed by atoms with Crippen molar-refractivity contribution in [3.8, 4) is 0 Å². The number of thioether (sulfide) groups is 1. The highest BCUT2D eigenvalue weighted by molar-refractivity contribution is 7.99. The first kappa shape index (κ1) is 11.9. The Morgan fingerprint density at radius 1 is 1.29 bits per heavy atom. The van der Waals surface area contributed by atoms with Crippen molar-refractivity contribution in [2.24, 2.45) is 0 Å². The molecule has 1 fully saturated rings. The van der Waals surface area contributed by atoms with Gasteiger partial charge in [-0.05, 0) is 11.6 Å². The van der Waals surface area contributed by atoms with E-state index in [1.807, 2.05) is 0 Å². The lowest BCUT2D eigenvalue weighted by atomic mass is 10.1. The fourth-order valence-electron chi connectivity index (χ4n) is 1.71. The minimum atomic E-state index is -0.998. The van der Waals surface area contributed by atoms with Crippen LogP contribution in [-0.4, -0.2) is 33.9 Å². The summed E-state index contributed by atoms with van der Waals surface area (Å²) < 4.78 is 0. The largest absolute Gasteiger partial charge is 0.480 e. The Kier molecular flexibility index (Phi) is 3.35. The number of rotatable bonds is 3. The van der Waals surface area contributed by atoms with Crippen molar-refractivity contribution in [1.82, 2.24) is 5.32 Å². The monoisotopic (exact) mass is 253 g/mol. The van der Waals surface area contributed by atoms with Crippen LogP contribution in [0, 0.1) is 0 Å². The van der Waals surface area contributed by atoms with Gasteiger partial charge in [-0.3, -0.25) is 10.1 Å². The van der Waals surface area contributed by atoms with Crippen LogP contribution < -0.4 is 5.32 Å². The van der Waals surface area contributed by atoms with Crippen LogP contribution in [0.15, 0.2) is 24.3 Å². The van der Waals surface area contributed by atoms with Crippen LogP contribution in [-0.2, 0) is 4.79 Å². The molecule has 0 saturated carbocycles. The van der Waals surface area contributed by atoms with Crippen molar-refractivity contribution in [2.45, 2.75) is 11.4 Å². The van der Waals surface area contributed by atoms with Crippen LogP contribution in [0.3, 0.4) is 0 Å². The number of hydrogen-bond acceptors (Lipinski definition) is 4. The van der Waals surface area contributed by atoms with Gasteiger partial charge in [-0.1, -0.05) is 18.2 Å². The fourth-order valence-corrected chi connectivity index (χ4v) is 2.98. The molecule has 2 rings (SSSR count). The molecule has 1 aromatic rings. The maximum Gasteiger partial charge on any atom is 0.336 e. The molecule has 1 saturated heterocycles. The van der Waals surface area contributed by atoms with Gasteiger partial charge in [-0.2, -0.15) is 0 Å². The summed E-state index contributed by atoms with van der Waals surface area (Å²) in [6, 6.07) is 6.01. The zero-order chi connectivity index (χ0) is 12.4. The lowest BCUT2D eigenvalue weighted by Crippen LogP contribution is -2.34. The summed E-state index contributed by atoms with van der Waals surface area (Å²) in [7, 11) is 0. The third-order valence-electron chi connectivity index (χ3n) is 2.55. The van der Waals surface area contributed by atoms with Crippen molar-refractivity contribution in [1.29, 1.82) is 0 Å². The minimum absolute atomic E-state index is 0.212. The van der Waals surface area contributed by atoms with Gasteiger partial charge in [-0.25, -0.2) is 4.79 Å². The number of aliphatic carboxylic acids is 1. The van der Waals surface area contributed by atoms with Gasteiger partial charge in [0.25, 0.3) is 0 Å². The van der Waals surface area contributed by atoms with Crippen molar-refractivity contribution in [3.05, 3.63) is 35.4 Å². The second kappa shape index (κ2) is 4.77. The Morgan fingerprint density at radius 3 is 2.59 bits per heavy atom. The van der Waals surface area contributed by atoms with Crippen molar-refractivity contribution in [2.75, 3.05) is 5.75 Å². The number of aromatic carboxylic acids is 1. The third kappa shape index (κ3) is 2.42. The Labute approximate surface area is 102 Å². The number of hydrogen-bond donors (Lipinski definition) is 3. The molecule has 5 nitrogen and oxygen atoms in total. The van der Waals surface area contributed by atoms with Crippen LogP contribution in [0.1, 0.15) is 21.3 Å². The molecule has 17 heavy (non-hydrogen) atoms. The molecule has 3 N–H and O–H groups in total. The first-order chi connectivity index (χ1) is 8.09. The summed E-state index contributed by atoms with van der Waals surface area (Å²) in [5, 5.41) is 20.5. The molecule has 0 amide bonds. The zero-order valence-corrected chi connectivity index (χ0v) is 9.61. The topological polar surface area (TPSA) is 86.6 Å². The van der Waals surface area contributed by atoms with Gasteiger partial charge >= 0.3 is 11.9 Å². The molecule has 90 valence electrons. The Morgan fingerprint density at radius 2 is 2.00 bits per heavy atom. The Balaban J connectivity index is 2.24. The number of carboxylic acid groups (broad SMARTS) is 2. The molecule has 1 heterocycles. The second-order valence-corrected chi connectivity index (χ2v) is 4.80. The summed E-state index contributed by atoms with van der Waals surface area (Å²) in [6.07, 6.45) is 0. The summed E-state index contributed by atoms with van der Waals surface area (Å²) in [5.74, 6) is -1.47. The first-order valence-electron chi connectivity index (χ1n) is 5.02. The standard InChI is InChI=1S/C11H11NO4S/c13-10(14)7-4-2-1-3-6(7)9-12-8(5-17-9)11(15)16/h1-4,8-9,12H,5H2,(H,13,14)(H,15,16)/t8-,9-/m1/s1. The number of nitrogens with one attached hydrogen (secondary N) is 1. The molecular formula is C11H11NO4S. The number of carboxylic acids is 2. The fraction of sp³-hybridized carbons (Fsp3) is 0.273. The summed E-state index contributed by atoms with van der Waals surface area (Å²) >= 11 is 1.41. The smallest absolute Gasteiger partial charge is 0.336 e. The Hall–Kier alpha value is -1.53. The molecule has 2 atom stereocenters. The molecule has 1 aromatic carbocycles. The lowest BCUT2D eigenvalue weighted by molar-refractivity contribution is -0.138. The van der Waals surface area contributed by atoms with E-state index >= 15 is 0 Å². The van der Waals surface area contributed by atoms with E-state index in [1.165, 1.54) is 17.8 Å². The maximum absolute atomic E-state index is 11.0. The van der Waals surface area contributed by atoms with E-state index in [1.54, 1.807) is 18.2 Å². The van der Waals surface area contributed by atoms with E-state index in [-0.39, 0.29) is 10.9 Å². The third-order valence-corrected chi connectivity index (χ3v) is 3.80. The number of benzene rings is 1. The van der Waals surface area contributed by atoms with Crippen molar-refractivity contribution < 1.29 is 19.8 Å². The van der Waals surface area contributed by atoms with E-state index in [0.717, 1.165) is 0 Å². The van der Waals surface area contributed by atoms with E-state index in [0.29, 0.717) is 11.3 Å². The highest BCUT2D eigenvalue weighted by Gasteiger charge is 2.32. The molecule has 0 radical (unpaired) electrons.